The summed E-state index contributed by atoms with van der Waals surface area (Å²) in [4.78, 5) is 0. The zero-order valence-electron chi connectivity index (χ0n) is 9.05. The second-order valence-corrected chi connectivity index (χ2v) is 4.59. The van der Waals surface area contributed by atoms with Crippen LogP contribution in [-0.4, -0.2) is 23.3 Å². The lowest BCUT2D eigenvalue weighted by Crippen LogP contribution is -2.55. The highest BCUT2D eigenvalue weighted by atomic mass is 19.3. The highest BCUT2D eigenvalue weighted by Crippen LogP contribution is 2.60. The number of rotatable bonds is 1. The molecule has 0 radical (unpaired) electrons. The monoisotopic (exact) mass is 266 g/mol. The molecule has 1 rings (SSSR count). The third-order valence-corrected chi connectivity index (χ3v) is 2.00. The molecule has 0 aromatic carbocycles. The lowest BCUT2D eigenvalue weighted by Gasteiger charge is -2.34. The van der Waals surface area contributed by atoms with Crippen molar-refractivity contribution in [3.8, 4) is 0 Å². The van der Waals surface area contributed by atoms with E-state index < -0.39 is 35.0 Å². The Morgan fingerprint density at radius 2 is 1.29 bits per heavy atom. The quantitative estimate of drug-likeness (QED) is 0.654. The summed E-state index contributed by atoms with van der Waals surface area (Å²) in [6.07, 6.45) is 0. The van der Waals surface area contributed by atoms with Crippen LogP contribution in [0.4, 0.5) is 30.7 Å². The van der Waals surface area contributed by atoms with Crippen molar-refractivity contribution in [2.24, 2.45) is 0 Å². The summed E-state index contributed by atoms with van der Waals surface area (Å²) < 4.78 is 94.5. The highest BCUT2D eigenvalue weighted by Gasteiger charge is 2.82. The second kappa shape index (κ2) is 3.37. The number of hydrogen-bond acceptors (Lipinski definition) is 1. The van der Waals surface area contributed by atoms with Crippen LogP contribution in [0.2, 0.25) is 0 Å². The summed E-state index contributed by atoms with van der Waals surface area (Å²) in [5.74, 6) is -22.1. The van der Waals surface area contributed by atoms with Crippen molar-refractivity contribution in [3.63, 3.8) is 0 Å². The molecule has 1 nitrogen and oxygen atoms in total. The van der Waals surface area contributed by atoms with Crippen LogP contribution in [0.3, 0.4) is 0 Å². The molecular formula is C9H9F7O. The SMILES string of the molecule is CC(C)(C)OC1(F)C(F)=C(F)C(F)(F)C1(F)F. The van der Waals surface area contributed by atoms with E-state index in [9.17, 15) is 30.7 Å². The van der Waals surface area contributed by atoms with Crippen molar-refractivity contribution >= 4 is 0 Å². The zero-order valence-corrected chi connectivity index (χ0v) is 9.05. The first-order valence-corrected chi connectivity index (χ1v) is 4.48. The molecule has 0 aliphatic heterocycles. The first kappa shape index (κ1) is 14.3. The lowest BCUT2D eigenvalue weighted by molar-refractivity contribution is -0.334. The fourth-order valence-electron chi connectivity index (χ4n) is 1.29. The maximum atomic E-state index is 13.6. The van der Waals surface area contributed by atoms with E-state index in [0.29, 0.717) is 0 Å². The molecule has 0 spiro atoms. The molecule has 0 aromatic heterocycles. The topological polar surface area (TPSA) is 9.23 Å². The molecule has 0 saturated carbocycles. The fraction of sp³-hybridized carbons (Fsp3) is 0.778. The van der Waals surface area contributed by atoms with Gasteiger partial charge in [0.05, 0.1) is 5.60 Å². The van der Waals surface area contributed by atoms with Gasteiger partial charge in [0.1, 0.15) is 0 Å². The van der Waals surface area contributed by atoms with Crippen molar-refractivity contribution in [3.05, 3.63) is 11.7 Å². The molecule has 100 valence electrons. The molecule has 0 saturated heterocycles. The van der Waals surface area contributed by atoms with Gasteiger partial charge in [-0.25, -0.2) is 8.78 Å². The summed E-state index contributed by atoms with van der Waals surface area (Å²) in [5.41, 5.74) is -1.71. The van der Waals surface area contributed by atoms with Crippen molar-refractivity contribution in [1.82, 2.24) is 0 Å². The maximum Gasteiger partial charge on any atom is 0.381 e. The number of allylic oxidation sites excluding steroid dienone is 1. The minimum atomic E-state index is -5.65. The molecule has 1 aliphatic rings. The second-order valence-electron chi connectivity index (χ2n) is 4.59. The van der Waals surface area contributed by atoms with E-state index in [-0.39, 0.29) is 0 Å². The Morgan fingerprint density at radius 1 is 0.882 bits per heavy atom. The average Bonchev–Trinajstić information content (AvgIpc) is 2.17. The summed E-state index contributed by atoms with van der Waals surface area (Å²) in [5, 5.41) is 0. The molecule has 8 heteroatoms. The predicted octanol–water partition coefficient (Wildman–Crippen LogP) is 3.90. The van der Waals surface area contributed by atoms with E-state index in [0.717, 1.165) is 20.8 Å². The van der Waals surface area contributed by atoms with Gasteiger partial charge in [-0.3, -0.25) is 0 Å². The molecule has 1 unspecified atom stereocenters. The van der Waals surface area contributed by atoms with Crippen molar-refractivity contribution in [1.29, 1.82) is 0 Å². The van der Waals surface area contributed by atoms with Crippen LogP contribution in [0.5, 0.6) is 0 Å². The fourth-order valence-corrected chi connectivity index (χ4v) is 1.29. The van der Waals surface area contributed by atoms with Crippen LogP contribution >= 0.6 is 0 Å². The van der Waals surface area contributed by atoms with Crippen molar-refractivity contribution in [2.75, 3.05) is 0 Å². The Hall–Kier alpha value is -0.790. The van der Waals surface area contributed by atoms with E-state index in [1.165, 1.54) is 0 Å². The lowest BCUT2D eigenvalue weighted by atomic mass is 10.1. The largest absolute Gasteiger partial charge is 0.381 e. The van der Waals surface area contributed by atoms with Gasteiger partial charge in [-0.2, -0.15) is 22.0 Å². The third-order valence-electron chi connectivity index (χ3n) is 2.00. The van der Waals surface area contributed by atoms with Gasteiger partial charge in [0.2, 0.25) is 11.7 Å². The molecule has 0 fully saturated rings. The summed E-state index contributed by atoms with van der Waals surface area (Å²) in [7, 11) is 0. The normalized spacial score (nSPS) is 32.1. The Balaban J connectivity index is 3.35. The molecule has 0 bridgehead atoms. The molecule has 1 atom stereocenters. The molecule has 17 heavy (non-hydrogen) atoms. The molecule has 1 aliphatic carbocycles. The average molecular weight is 266 g/mol. The van der Waals surface area contributed by atoms with Gasteiger partial charge >= 0.3 is 17.7 Å². The number of ether oxygens (including phenoxy) is 1. The Bertz CT molecular complexity index is 368. The van der Waals surface area contributed by atoms with Gasteiger partial charge < -0.3 is 4.74 Å². The summed E-state index contributed by atoms with van der Waals surface area (Å²) in [6, 6.07) is 0. The van der Waals surface area contributed by atoms with Crippen LogP contribution in [0.15, 0.2) is 11.7 Å². The van der Waals surface area contributed by atoms with Gasteiger partial charge in [-0.05, 0) is 20.8 Å². The van der Waals surface area contributed by atoms with E-state index in [1.807, 2.05) is 0 Å². The van der Waals surface area contributed by atoms with E-state index in [2.05, 4.69) is 4.74 Å². The molecule has 0 N–H and O–H groups in total. The standard InChI is InChI=1S/C9H9F7O/c1-6(2,3)17-8(14)5(11)4(10)7(12,13)9(8,15)16/h1-3H3. The minimum Gasteiger partial charge on any atom is -0.330 e. The van der Waals surface area contributed by atoms with Crippen LogP contribution in [-0.2, 0) is 4.74 Å². The van der Waals surface area contributed by atoms with Crippen molar-refractivity contribution in [2.45, 2.75) is 44.1 Å². The smallest absolute Gasteiger partial charge is 0.330 e. The van der Waals surface area contributed by atoms with Gasteiger partial charge in [0.15, 0.2) is 0 Å². The number of alkyl halides is 5. The zero-order chi connectivity index (χ0) is 13.9. The Kier molecular flexibility index (Phi) is 2.83. The highest BCUT2D eigenvalue weighted by molar-refractivity contribution is 5.33. The number of halogens is 7. The predicted molar refractivity (Wildman–Crippen MR) is 43.8 cm³/mol. The van der Waals surface area contributed by atoms with E-state index >= 15 is 0 Å². The maximum absolute atomic E-state index is 13.6. The van der Waals surface area contributed by atoms with Gasteiger partial charge in [0, 0.05) is 0 Å². The third kappa shape index (κ3) is 1.73. The minimum absolute atomic E-state index is 1.03. The Morgan fingerprint density at radius 3 is 1.53 bits per heavy atom. The molecule has 0 aromatic rings. The van der Waals surface area contributed by atoms with Crippen LogP contribution in [0, 0.1) is 0 Å². The molecule has 0 amide bonds. The van der Waals surface area contributed by atoms with E-state index in [1.54, 1.807) is 0 Å². The first-order chi connectivity index (χ1) is 7.27. The Labute approximate surface area is 92.2 Å². The van der Waals surface area contributed by atoms with Crippen molar-refractivity contribution < 1.29 is 35.5 Å². The summed E-state index contributed by atoms with van der Waals surface area (Å²) >= 11 is 0. The van der Waals surface area contributed by atoms with Gasteiger partial charge in [-0.15, -0.1) is 0 Å². The first-order valence-electron chi connectivity index (χ1n) is 4.48. The van der Waals surface area contributed by atoms with Crippen LogP contribution < -0.4 is 0 Å². The molecule has 0 heterocycles. The van der Waals surface area contributed by atoms with Crippen LogP contribution in [0.1, 0.15) is 20.8 Å². The summed E-state index contributed by atoms with van der Waals surface area (Å²) in [6.45, 7) is 3.10. The van der Waals surface area contributed by atoms with Gasteiger partial charge in [-0.1, -0.05) is 0 Å². The number of hydrogen-bond donors (Lipinski definition) is 0. The van der Waals surface area contributed by atoms with E-state index in [4.69, 9.17) is 0 Å². The molecular weight excluding hydrogens is 257 g/mol. The van der Waals surface area contributed by atoms with Crippen LogP contribution in [0.25, 0.3) is 0 Å². The van der Waals surface area contributed by atoms with Gasteiger partial charge in [0.25, 0.3) is 0 Å².